The van der Waals surface area contributed by atoms with E-state index in [1.165, 1.54) is 24.9 Å². The van der Waals surface area contributed by atoms with Gasteiger partial charge in [-0.25, -0.2) is 0 Å². The first kappa shape index (κ1) is 16.4. The molecule has 112 valence electrons. The molecule has 20 heavy (non-hydrogen) atoms. The Morgan fingerprint density at radius 2 is 2.15 bits per heavy atom. The van der Waals surface area contributed by atoms with E-state index in [0.717, 1.165) is 15.5 Å². The Bertz CT molecular complexity index is 453. The lowest BCUT2D eigenvalue weighted by Crippen LogP contribution is -2.47. The van der Waals surface area contributed by atoms with Gasteiger partial charge in [0.2, 0.25) is 0 Å². The molecule has 1 saturated heterocycles. The van der Waals surface area contributed by atoms with Gasteiger partial charge in [-0.3, -0.25) is 4.90 Å². The highest BCUT2D eigenvalue weighted by atomic mass is 79.9. The molecule has 1 heterocycles. The van der Waals surface area contributed by atoms with Crippen molar-refractivity contribution >= 4 is 31.9 Å². The summed E-state index contributed by atoms with van der Waals surface area (Å²) in [5, 5.41) is 0. The minimum Gasteiger partial charge on any atom is -0.329 e. The third kappa shape index (κ3) is 3.83. The van der Waals surface area contributed by atoms with E-state index in [1.54, 1.807) is 0 Å². The Morgan fingerprint density at radius 1 is 1.40 bits per heavy atom. The second-order valence-electron chi connectivity index (χ2n) is 5.65. The zero-order valence-corrected chi connectivity index (χ0v) is 15.3. The molecule has 0 bridgehead atoms. The molecular formula is C15H23Br2N3. The summed E-state index contributed by atoms with van der Waals surface area (Å²) in [4.78, 5) is 4.86. The molecule has 2 atom stereocenters. The van der Waals surface area contributed by atoms with Crippen molar-refractivity contribution in [1.82, 2.24) is 9.80 Å². The molecule has 0 radical (unpaired) electrons. The van der Waals surface area contributed by atoms with Gasteiger partial charge in [-0.05, 0) is 83.0 Å². The van der Waals surface area contributed by atoms with Crippen LogP contribution in [0.2, 0.25) is 0 Å². The van der Waals surface area contributed by atoms with Gasteiger partial charge in [0.15, 0.2) is 0 Å². The number of hydrogen-bond donors (Lipinski definition) is 1. The van der Waals surface area contributed by atoms with Crippen LogP contribution < -0.4 is 5.73 Å². The van der Waals surface area contributed by atoms with Crippen molar-refractivity contribution in [1.29, 1.82) is 0 Å². The van der Waals surface area contributed by atoms with E-state index in [-0.39, 0.29) is 6.04 Å². The van der Waals surface area contributed by atoms with Crippen molar-refractivity contribution in [2.24, 2.45) is 5.73 Å². The summed E-state index contributed by atoms with van der Waals surface area (Å²) in [6.07, 6.45) is 2.53. The molecule has 1 aromatic carbocycles. The normalized spacial score (nSPS) is 22.2. The summed E-state index contributed by atoms with van der Waals surface area (Å²) in [6, 6.07) is 7.28. The lowest BCUT2D eigenvalue weighted by molar-refractivity contribution is 0.101. The molecule has 0 aliphatic carbocycles. The smallest absolute Gasteiger partial charge is 0.0471 e. The van der Waals surface area contributed by atoms with Gasteiger partial charge >= 0.3 is 0 Å². The summed E-state index contributed by atoms with van der Waals surface area (Å²) >= 11 is 7.11. The lowest BCUT2D eigenvalue weighted by atomic mass is 9.99. The van der Waals surface area contributed by atoms with Crippen LogP contribution in [0.3, 0.4) is 0 Å². The molecule has 2 unspecified atom stereocenters. The maximum absolute atomic E-state index is 6.05. The standard InChI is InChI=1S/C15H23Br2N3/c1-19-7-3-4-12(10-19)20(2)15(9-18)11-5-6-13(16)14(17)8-11/h5-6,8,12,15H,3-4,7,9-10,18H2,1-2H3. The molecule has 1 fully saturated rings. The lowest BCUT2D eigenvalue weighted by Gasteiger charge is -2.40. The van der Waals surface area contributed by atoms with Gasteiger partial charge in [-0.2, -0.15) is 0 Å². The minimum atomic E-state index is 0.274. The van der Waals surface area contributed by atoms with Crippen molar-refractivity contribution in [3.8, 4) is 0 Å². The monoisotopic (exact) mass is 403 g/mol. The fourth-order valence-corrected chi connectivity index (χ4v) is 3.63. The van der Waals surface area contributed by atoms with E-state index in [9.17, 15) is 0 Å². The van der Waals surface area contributed by atoms with E-state index >= 15 is 0 Å². The fraction of sp³-hybridized carbons (Fsp3) is 0.600. The Morgan fingerprint density at radius 3 is 2.75 bits per heavy atom. The van der Waals surface area contributed by atoms with E-state index < -0.39 is 0 Å². The number of likely N-dealkylation sites (N-methyl/N-ethyl adjacent to an activating group) is 2. The number of nitrogens with zero attached hydrogens (tertiary/aromatic N) is 2. The van der Waals surface area contributed by atoms with Crippen LogP contribution in [0.25, 0.3) is 0 Å². The highest BCUT2D eigenvalue weighted by Gasteiger charge is 2.26. The average Bonchev–Trinajstić information content (AvgIpc) is 2.43. The number of hydrogen-bond acceptors (Lipinski definition) is 3. The van der Waals surface area contributed by atoms with Crippen LogP contribution in [0.1, 0.15) is 24.4 Å². The van der Waals surface area contributed by atoms with E-state index in [2.05, 4.69) is 74.0 Å². The van der Waals surface area contributed by atoms with Crippen LogP contribution in [0, 0.1) is 0 Å². The Hall–Kier alpha value is 0.0600. The Labute approximate surface area is 138 Å². The van der Waals surface area contributed by atoms with Crippen molar-refractivity contribution in [3.05, 3.63) is 32.7 Å². The highest BCUT2D eigenvalue weighted by Crippen LogP contribution is 2.30. The van der Waals surface area contributed by atoms with Gasteiger partial charge in [-0.1, -0.05) is 6.07 Å². The first-order valence-corrected chi connectivity index (χ1v) is 8.67. The van der Waals surface area contributed by atoms with Crippen LogP contribution in [-0.2, 0) is 0 Å². The maximum atomic E-state index is 6.05. The van der Waals surface area contributed by atoms with Gasteiger partial charge in [-0.15, -0.1) is 0 Å². The predicted molar refractivity (Wildman–Crippen MR) is 91.9 cm³/mol. The summed E-state index contributed by atoms with van der Waals surface area (Å²) in [5.41, 5.74) is 7.33. The summed E-state index contributed by atoms with van der Waals surface area (Å²) in [5.74, 6) is 0. The second kappa shape index (κ2) is 7.36. The first-order valence-electron chi connectivity index (χ1n) is 7.08. The maximum Gasteiger partial charge on any atom is 0.0471 e. The predicted octanol–water partition coefficient (Wildman–Crippen LogP) is 3.24. The van der Waals surface area contributed by atoms with Gasteiger partial charge in [0.05, 0.1) is 0 Å². The third-order valence-corrected chi connectivity index (χ3v) is 6.10. The van der Waals surface area contributed by atoms with Crippen LogP contribution in [0.5, 0.6) is 0 Å². The number of likely N-dealkylation sites (tertiary alicyclic amines) is 1. The Kier molecular flexibility index (Phi) is 6.05. The molecule has 0 aromatic heterocycles. The molecule has 0 saturated carbocycles. The number of benzene rings is 1. The van der Waals surface area contributed by atoms with Crippen molar-refractivity contribution in [2.45, 2.75) is 24.9 Å². The largest absolute Gasteiger partial charge is 0.329 e. The van der Waals surface area contributed by atoms with E-state index in [0.29, 0.717) is 12.6 Å². The molecule has 5 heteroatoms. The van der Waals surface area contributed by atoms with Gasteiger partial charge in [0.25, 0.3) is 0 Å². The van der Waals surface area contributed by atoms with E-state index in [1.807, 2.05) is 0 Å². The summed E-state index contributed by atoms with van der Waals surface area (Å²) in [6.45, 7) is 2.98. The van der Waals surface area contributed by atoms with Gasteiger partial charge in [0, 0.05) is 34.1 Å². The number of piperidine rings is 1. The highest BCUT2D eigenvalue weighted by molar-refractivity contribution is 9.13. The molecule has 3 nitrogen and oxygen atoms in total. The average molecular weight is 405 g/mol. The van der Waals surface area contributed by atoms with Crippen molar-refractivity contribution < 1.29 is 0 Å². The fourth-order valence-electron chi connectivity index (χ4n) is 2.98. The van der Waals surface area contributed by atoms with Crippen molar-refractivity contribution in [2.75, 3.05) is 33.7 Å². The molecule has 2 N–H and O–H groups in total. The number of nitrogens with two attached hydrogens (primary N) is 1. The summed E-state index contributed by atoms with van der Waals surface area (Å²) < 4.78 is 2.17. The molecular weight excluding hydrogens is 382 g/mol. The van der Waals surface area contributed by atoms with Gasteiger partial charge in [0.1, 0.15) is 0 Å². The third-order valence-electron chi connectivity index (χ3n) is 4.22. The van der Waals surface area contributed by atoms with Crippen LogP contribution in [0.15, 0.2) is 27.1 Å². The Balaban J connectivity index is 2.15. The quantitative estimate of drug-likeness (QED) is 0.835. The topological polar surface area (TPSA) is 32.5 Å². The molecule has 0 amide bonds. The molecule has 1 aliphatic rings. The van der Waals surface area contributed by atoms with Crippen LogP contribution >= 0.6 is 31.9 Å². The van der Waals surface area contributed by atoms with Crippen LogP contribution in [-0.4, -0.2) is 49.6 Å². The first-order chi connectivity index (χ1) is 9.52. The summed E-state index contributed by atoms with van der Waals surface area (Å²) in [7, 11) is 4.41. The van der Waals surface area contributed by atoms with Crippen LogP contribution in [0.4, 0.5) is 0 Å². The SMILES string of the molecule is CN1CCCC(N(C)C(CN)c2ccc(Br)c(Br)c2)C1. The minimum absolute atomic E-state index is 0.274. The van der Waals surface area contributed by atoms with Gasteiger partial charge < -0.3 is 10.6 Å². The number of halogens is 2. The molecule has 1 aromatic rings. The zero-order chi connectivity index (χ0) is 14.7. The zero-order valence-electron chi connectivity index (χ0n) is 12.1. The molecule has 0 spiro atoms. The number of rotatable bonds is 4. The second-order valence-corrected chi connectivity index (χ2v) is 7.36. The van der Waals surface area contributed by atoms with Crippen molar-refractivity contribution in [3.63, 3.8) is 0 Å². The molecule has 1 aliphatic heterocycles. The molecule has 2 rings (SSSR count). The van der Waals surface area contributed by atoms with E-state index in [4.69, 9.17) is 5.73 Å².